The van der Waals surface area contributed by atoms with Crippen molar-refractivity contribution in [2.75, 3.05) is 34.5 Å². The van der Waals surface area contributed by atoms with Gasteiger partial charge in [0.25, 0.3) is 5.56 Å². The van der Waals surface area contributed by atoms with Crippen LogP contribution < -0.4 is 19.8 Å². The van der Waals surface area contributed by atoms with Gasteiger partial charge in [-0.15, -0.1) is 0 Å². The third-order valence-electron chi connectivity index (χ3n) is 4.71. The number of hydrogen-bond donors (Lipinski definition) is 2. The van der Waals surface area contributed by atoms with Crippen molar-refractivity contribution in [1.82, 2.24) is 4.98 Å². The summed E-state index contributed by atoms with van der Waals surface area (Å²) >= 11 is 0. The fourth-order valence-electron chi connectivity index (χ4n) is 3.26. The van der Waals surface area contributed by atoms with Crippen LogP contribution in [0.1, 0.15) is 33.8 Å². The number of ether oxygens (including phenoxy) is 5. The summed E-state index contributed by atoms with van der Waals surface area (Å²) in [5.41, 5.74) is -0.694. The van der Waals surface area contributed by atoms with Gasteiger partial charge in [-0.2, -0.15) is 0 Å². The molecule has 2 aromatic rings. The minimum atomic E-state index is -0.976. The van der Waals surface area contributed by atoms with Crippen LogP contribution in [0.15, 0.2) is 23.1 Å². The molecule has 1 aliphatic heterocycles. The Morgan fingerprint density at radius 2 is 1.90 bits per heavy atom. The number of benzene rings is 1. The van der Waals surface area contributed by atoms with E-state index in [1.165, 1.54) is 14.2 Å². The molecule has 0 bridgehead atoms. The summed E-state index contributed by atoms with van der Waals surface area (Å²) < 4.78 is 26.0. The number of nitrogens with one attached hydrogen (secondary N) is 1. The van der Waals surface area contributed by atoms with E-state index in [1.54, 1.807) is 12.1 Å². The van der Waals surface area contributed by atoms with Crippen molar-refractivity contribution < 1.29 is 38.4 Å². The van der Waals surface area contributed by atoms with Gasteiger partial charge in [-0.05, 0) is 17.7 Å². The van der Waals surface area contributed by atoms with Crippen molar-refractivity contribution in [3.63, 3.8) is 0 Å². The molecule has 0 amide bonds. The van der Waals surface area contributed by atoms with E-state index in [1.807, 2.05) is 0 Å². The molecule has 1 atom stereocenters. The number of H-pyrrole nitrogens is 1. The summed E-state index contributed by atoms with van der Waals surface area (Å²) in [6.45, 7) is 0.654. The van der Waals surface area contributed by atoms with Crippen molar-refractivity contribution >= 4 is 11.9 Å². The average molecular weight is 419 g/mol. The van der Waals surface area contributed by atoms with Crippen molar-refractivity contribution in [2.24, 2.45) is 0 Å². The third-order valence-corrected chi connectivity index (χ3v) is 4.71. The summed E-state index contributed by atoms with van der Waals surface area (Å²) in [6.07, 6.45) is 0.757. The highest BCUT2D eigenvalue weighted by molar-refractivity contribution is 5.92. The predicted octanol–water partition coefficient (Wildman–Crippen LogP) is 1.34. The van der Waals surface area contributed by atoms with E-state index in [0.717, 1.165) is 13.3 Å². The normalized spacial score (nSPS) is 13.3. The number of aromatic nitrogens is 1. The van der Waals surface area contributed by atoms with E-state index < -0.39 is 29.2 Å². The van der Waals surface area contributed by atoms with Gasteiger partial charge in [-0.1, -0.05) is 0 Å². The topological polar surface area (TPSA) is 133 Å². The molecule has 30 heavy (non-hydrogen) atoms. The van der Waals surface area contributed by atoms with Crippen LogP contribution in [0, 0.1) is 0 Å². The number of methoxy groups -OCH3 is 3. The molecule has 0 spiro atoms. The van der Waals surface area contributed by atoms with Gasteiger partial charge in [0.2, 0.25) is 5.75 Å². The largest absolute Gasteiger partial charge is 0.506 e. The number of pyridine rings is 1. The molecule has 3 rings (SSSR count). The SMILES string of the molecule is COC(=O)C[C@H](c1cc(OC)c2c(c1)OCCO2)c1c(O)c(C(=O)OC)c[nH]c1=O. The Kier molecular flexibility index (Phi) is 6.14. The van der Waals surface area contributed by atoms with E-state index in [4.69, 9.17) is 18.9 Å². The summed E-state index contributed by atoms with van der Waals surface area (Å²) in [7, 11) is 3.79. The molecule has 1 aromatic carbocycles. The van der Waals surface area contributed by atoms with E-state index in [2.05, 4.69) is 9.72 Å². The zero-order valence-corrected chi connectivity index (χ0v) is 16.6. The molecule has 160 valence electrons. The van der Waals surface area contributed by atoms with E-state index in [9.17, 15) is 19.5 Å². The van der Waals surface area contributed by atoms with E-state index in [0.29, 0.717) is 36.0 Å². The van der Waals surface area contributed by atoms with E-state index in [-0.39, 0.29) is 17.5 Å². The molecule has 2 heterocycles. The highest BCUT2D eigenvalue weighted by atomic mass is 16.6. The highest BCUT2D eigenvalue weighted by Crippen LogP contribution is 2.44. The van der Waals surface area contributed by atoms with Crippen LogP contribution in [-0.2, 0) is 14.3 Å². The zero-order valence-electron chi connectivity index (χ0n) is 16.6. The maximum absolute atomic E-state index is 12.6. The lowest BCUT2D eigenvalue weighted by atomic mass is 9.87. The summed E-state index contributed by atoms with van der Waals surface area (Å²) in [6, 6.07) is 3.17. The Bertz CT molecular complexity index is 1010. The minimum Gasteiger partial charge on any atom is -0.506 e. The van der Waals surface area contributed by atoms with Gasteiger partial charge in [0.1, 0.15) is 24.5 Å². The van der Waals surface area contributed by atoms with Crippen molar-refractivity contribution in [3.05, 3.63) is 45.4 Å². The van der Waals surface area contributed by atoms with Gasteiger partial charge < -0.3 is 33.8 Å². The Morgan fingerprint density at radius 1 is 1.17 bits per heavy atom. The summed E-state index contributed by atoms with van der Waals surface area (Å²) in [4.78, 5) is 39.1. The lowest BCUT2D eigenvalue weighted by Gasteiger charge is -2.24. The van der Waals surface area contributed by atoms with Crippen LogP contribution in [0.25, 0.3) is 0 Å². The van der Waals surface area contributed by atoms with Crippen molar-refractivity contribution in [1.29, 1.82) is 0 Å². The number of aromatic amines is 1. The zero-order chi connectivity index (χ0) is 21.8. The molecule has 1 aliphatic rings. The smallest absolute Gasteiger partial charge is 0.343 e. The van der Waals surface area contributed by atoms with Crippen molar-refractivity contribution in [2.45, 2.75) is 12.3 Å². The number of fused-ring (bicyclic) bond motifs is 1. The first-order valence-corrected chi connectivity index (χ1v) is 8.98. The van der Waals surface area contributed by atoms with Crippen LogP contribution in [0.3, 0.4) is 0 Å². The molecule has 0 aliphatic carbocycles. The third kappa shape index (κ3) is 3.88. The van der Waals surface area contributed by atoms with E-state index >= 15 is 0 Å². The Labute approximate surface area is 171 Å². The van der Waals surface area contributed by atoms with Crippen LogP contribution in [-0.4, -0.2) is 56.6 Å². The fraction of sp³-hybridized carbons (Fsp3) is 0.350. The van der Waals surface area contributed by atoms with Crippen LogP contribution in [0.4, 0.5) is 0 Å². The standard InChI is InChI=1S/C20H21NO9/c1-26-13-6-10(7-14-18(13)30-5-4-29-14)11(8-15(22)27-2)16-17(23)12(20(25)28-3)9-21-19(16)24/h6-7,9,11H,4-5,8H2,1-3H3,(H2,21,23,24)/t11-/m1/s1. The molecule has 0 unspecified atom stereocenters. The maximum Gasteiger partial charge on any atom is 0.343 e. The van der Waals surface area contributed by atoms with Gasteiger partial charge in [-0.25, -0.2) is 4.79 Å². The lowest BCUT2D eigenvalue weighted by Crippen LogP contribution is -2.22. The van der Waals surface area contributed by atoms with Gasteiger partial charge in [0.15, 0.2) is 11.5 Å². The van der Waals surface area contributed by atoms with Crippen LogP contribution >= 0.6 is 0 Å². The molecular formula is C20H21NO9. The summed E-state index contributed by atoms with van der Waals surface area (Å²) in [5, 5.41) is 10.7. The highest BCUT2D eigenvalue weighted by Gasteiger charge is 2.30. The Hall–Kier alpha value is -3.69. The van der Waals surface area contributed by atoms with Gasteiger partial charge in [0.05, 0.1) is 33.3 Å². The molecule has 0 radical (unpaired) electrons. The van der Waals surface area contributed by atoms with Crippen LogP contribution in [0.2, 0.25) is 0 Å². The Balaban J connectivity index is 2.22. The van der Waals surface area contributed by atoms with Gasteiger partial charge in [0, 0.05) is 12.1 Å². The molecule has 0 fully saturated rings. The number of rotatable bonds is 6. The molecule has 10 nitrogen and oxygen atoms in total. The number of hydrogen-bond acceptors (Lipinski definition) is 9. The first kappa shape index (κ1) is 21.0. The monoisotopic (exact) mass is 419 g/mol. The molecule has 0 saturated heterocycles. The molecule has 0 saturated carbocycles. The van der Waals surface area contributed by atoms with Crippen LogP contribution in [0.5, 0.6) is 23.0 Å². The second-order valence-electron chi connectivity index (χ2n) is 6.37. The van der Waals surface area contributed by atoms with Gasteiger partial charge >= 0.3 is 11.9 Å². The summed E-state index contributed by atoms with van der Waals surface area (Å²) in [5.74, 6) is -1.95. The van der Waals surface area contributed by atoms with Crippen molar-refractivity contribution in [3.8, 4) is 23.0 Å². The first-order valence-electron chi connectivity index (χ1n) is 8.98. The Morgan fingerprint density at radius 3 is 2.57 bits per heavy atom. The molecule has 2 N–H and O–H groups in total. The minimum absolute atomic E-state index is 0.193. The molecular weight excluding hydrogens is 398 g/mol. The quantitative estimate of drug-likeness (QED) is 0.665. The second kappa shape index (κ2) is 8.76. The fourth-order valence-corrected chi connectivity index (χ4v) is 3.26. The number of carbonyl (C=O) groups excluding carboxylic acids is 2. The number of carbonyl (C=O) groups is 2. The van der Waals surface area contributed by atoms with Gasteiger partial charge in [-0.3, -0.25) is 9.59 Å². The second-order valence-corrected chi connectivity index (χ2v) is 6.37. The number of esters is 2. The first-order chi connectivity index (χ1) is 14.4. The number of aromatic hydroxyl groups is 1. The molecule has 10 heteroatoms. The lowest BCUT2D eigenvalue weighted by molar-refractivity contribution is -0.140. The maximum atomic E-state index is 12.6. The molecule has 1 aromatic heterocycles. The average Bonchev–Trinajstić information content (AvgIpc) is 2.76. The predicted molar refractivity (Wildman–Crippen MR) is 103 cm³/mol.